The number of nitrogens with zero attached hydrogens (tertiary/aromatic N) is 1. The second-order valence-corrected chi connectivity index (χ2v) is 8.35. The maximum Gasteiger partial charge on any atom is 0.300 e. The summed E-state index contributed by atoms with van der Waals surface area (Å²) >= 11 is 1.36. The van der Waals surface area contributed by atoms with Gasteiger partial charge < -0.3 is 9.84 Å². The maximum absolute atomic E-state index is 14.0. The predicted octanol–water partition coefficient (Wildman–Crippen LogP) is 5.14. The molecule has 1 aliphatic heterocycles. The van der Waals surface area contributed by atoms with Gasteiger partial charge in [-0.3, -0.25) is 14.5 Å². The van der Waals surface area contributed by atoms with Gasteiger partial charge in [-0.25, -0.2) is 4.39 Å². The fraction of sp³-hybridized carbons (Fsp3) is 0.167. The van der Waals surface area contributed by atoms with Crippen LogP contribution >= 0.6 is 11.3 Å². The summed E-state index contributed by atoms with van der Waals surface area (Å²) in [5.41, 5.74) is 2.35. The van der Waals surface area contributed by atoms with Crippen LogP contribution < -0.4 is 9.64 Å². The van der Waals surface area contributed by atoms with Crippen molar-refractivity contribution < 1.29 is 23.8 Å². The monoisotopic (exact) mass is 437 g/mol. The van der Waals surface area contributed by atoms with E-state index in [2.05, 4.69) is 0 Å². The van der Waals surface area contributed by atoms with Crippen LogP contribution in [0.25, 0.3) is 5.76 Å². The molecule has 4 rings (SSSR count). The number of thiophene rings is 1. The normalized spacial score (nSPS) is 17.9. The molecular formula is C24H20FNO4S. The van der Waals surface area contributed by atoms with Gasteiger partial charge in [0.15, 0.2) is 0 Å². The quantitative estimate of drug-likeness (QED) is 0.349. The van der Waals surface area contributed by atoms with Crippen molar-refractivity contribution in [2.45, 2.75) is 19.9 Å². The van der Waals surface area contributed by atoms with Crippen LogP contribution in [0, 0.1) is 19.7 Å². The van der Waals surface area contributed by atoms with Gasteiger partial charge in [-0.1, -0.05) is 12.1 Å². The molecule has 1 atom stereocenters. The van der Waals surface area contributed by atoms with Crippen molar-refractivity contribution in [2.75, 3.05) is 12.0 Å². The smallest absolute Gasteiger partial charge is 0.300 e. The lowest BCUT2D eigenvalue weighted by atomic mass is 9.99. The van der Waals surface area contributed by atoms with E-state index in [4.69, 9.17) is 4.74 Å². The molecule has 0 spiro atoms. The molecule has 1 aliphatic rings. The van der Waals surface area contributed by atoms with Crippen LogP contribution in [0.5, 0.6) is 5.75 Å². The van der Waals surface area contributed by atoms with Crippen molar-refractivity contribution in [3.8, 4) is 5.75 Å². The first-order valence-electron chi connectivity index (χ1n) is 9.58. The van der Waals surface area contributed by atoms with Gasteiger partial charge >= 0.3 is 0 Å². The Balaban J connectivity index is 1.98. The van der Waals surface area contributed by atoms with E-state index in [9.17, 15) is 19.1 Å². The minimum atomic E-state index is -0.839. The molecule has 31 heavy (non-hydrogen) atoms. The lowest BCUT2D eigenvalue weighted by Gasteiger charge is -2.25. The Morgan fingerprint density at radius 2 is 1.81 bits per heavy atom. The van der Waals surface area contributed by atoms with Gasteiger partial charge in [-0.05, 0) is 66.8 Å². The van der Waals surface area contributed by atoms with Crippen molar-refractivity contribution >= 4 is 34.5 Å². The van der Waals surface area contributed by atoms with Crippen molar-refractivity contribution in [3.05, 3.63) is 86.9 Å². The van der Waals surface area contributed by atoms with Crippen molar-refractivity contribution in [1.29, 1.82) is 0 Å². The van der Waals surface area contributed by atoms with Gasteiger partial charge in [-0.15, -0.1) is 11.3 Å². The highest BCUT2D eigenvalue weighted by atomic mass is 32.1. The molecule has 2 aromatic carbocycles. The molecule has 1 unspecified atom stereocenters. The molecule has 1 aromatic heterocycles. The number of Topliss-reactive ketones (excluding diaryl/α,β-unsaturated/α-hetero) is 1. The molecule has 3 aromatic rings. The Kier molecular flexibility index (Phi) is 5.37. The summed E-state index contributed by atoms with van der Waals surface area (Å²) < 4.78 is 19.2. The Labute approximate surface area is 183 Å². The molecule has 5 nitrogen and oxygen atoms in total. The Morgan fingerprint density at radius 1 is 1.10 bits per heavy atom. The van der Waals surface area contributed by atoms with Gasteiger partial charge in [-0.2, -0.15) is 0 Å². The lowest BCUT2D eigenvalue weighted by Crippen LogP contribution is -2.29. The topological polar surface area (TPSA) is 66.8 Å². The number of halogens is 1. The van der Waals surface area contributed by atoms with Gasteiger partial charge in [0, 0.05) is 10.6 Å². The van der Waals surface area contributed by atoms with E-state index in [0.29, 0.717) is 10.6 Å². The van der Waals surface area contributed by atoms with E-state index in [1.54, 1.807) is 6.07 Å². The number of hydrogen-bond donors (Lipinski definition) is 1. The van der Waals surface area contributed by atoms with Crippen LogP contribution in [-0.2, 0) is 9.59 Å². The molecule has 7 heteroatoms. The highest BCUT2D eigenvalue weighted by molar-refractivity contribution is 7.10. The minimum absolute atomic E-state index is 0.0162. The number of rotatable bonds is 4. The molecule has 2 heterocycles. The lowest BCUT2D eigenvalue weighted by molar-refractivity contribution is -0.132. The van der Waals surface area contributed by atoms with Gasteiger partial charge in [0.2, 0.25) is 0 Å². The number of ketones is 1. The summed E-state index contributed by atoms with van der Waals surface area (Å²) in [5, 5.41) is 13.0. The summed E-state index contributed by atoms with van der Waals surface area (Å²) in [4.78, 5) is 28.4. The van der Waals surface area contributed by atoms with Crippen LogP contribution in [0.3, 0.4) is 0 Å². The average molecular weight is 437 g/mol. The van der Waals surface area contributed by atoms with Crippen LogP contribution in [0.15, 0.2) is 59.5 Å². The fourth-order valence-corrected chi connectivity index (χ4v) is 4.74. The Bertz CT molecular complexity index is 1200. The zero-order valence-electron chi connectivity index (χ0n) is 17.2. The van der Waals surface area contributed by atoms with Gasteiger partial charge in [0.25, 0.3) is 11.7 Å². The number of aliphatic hydroxyl groups excluding tert-OH is 1. The fourth-order valence-electron chi connectivity index (χ4n) is 3.91. The molecule has 0 bridgehead atoms. The molecular weight excluding hydrogens is 417 g/mol. The van der Waals surface area contributed by atoms with Crippen LogP contribution in [0.2, 0.25) is 0 Å². The number of methoxy groups -OCH3 is 1. The molecule has 158 valence electrons. The summed E-state index contributed by atoms with van der Waals surface area (Å²) in [5.74, 6) is -2.46. The number of amides is 1. The van der Waals surface area contributed by atoms with Crippen LogP contribution in [-0.4, -0.2) is 23.9 Å². The highest BCUT2D eigenvalue weighted by Crippen LogP contribution is 2.44. The zero-order valence-corrected chi connectivity index (χ0v) is 18.0. The van der Waals surface area contributed by atoms with E-state index >= 15 is 0 Å². The average Bonchev–Trinajstić information content (AvgIpc) is 3.34. The highest BCUT2D eigenvalue weighted by Gasteiger charge is 2.47. The molecule has 1 saturated heterocycles. The van der Waals surface area contributed by atoms with Crippen molar-refractivity contribution in [1.82, 2.24) is 0 Å². The molecule has 0 saturated carbocycles. The van der Waals surface area contributed by atoms with E-state index in [-0.39, 0.29) is 16.9 Å². The third kappa shape index (κ3) is 3.61. The van der Waals surface area contributed by atoms with E-state index in [1.807, 2.05) is 43.5 Å². The standard InChI is InChI=1S/C24H20FNO4S/c1-13-9-14(2)11-16(10-13)26-21(19-5-4-8-31-19)20(23(28)24(26)29)22(27)17-12-15(25)6-7-18(17)30-3/h4-12,21,27H,1-3H3/b22-20-. The number of anilines is 1. The summed E-state index contributed by atoms with van der Waals surface area (Å²) in [6.45, 7) is 3.82. The molecule has 1 N–H and O–H groups in total. The summed E-state index contributed by atoms with van der Waals surface area (Å²) in [6, 6.07) is 12.0. The first-order chi connectivity index (χ1) is 14.8. The molecule has 1 amide bonds. The maximum atomic E-state index is 14.0. The minimum Gasteiger partial charge on any atom is -0.507 e. The van der Waals surface area contributed by atoms with Crippen molar-refractivity contribution in [2.24, 2.45) is 0 Å². The van der Waals surface area contributed by atoms with E-state index < -0.39 is 29.3 Å². The molecule has 0 radical (unpaired) electrons. The molecule has 1 fully saturated rings. The van der Waals surface area contributed by atoms with E-state index in [0.717, 1.165) is 17.2 Å². The van der Waals surface area contributed by atoms with Crippen LogP contribution in [0.1, 0.15) is 27.6 Å². The third-order valence-corrected chi connectivity index (χ3v) is 6.08. The first-order valence-corrected chi connectivity index (χ1v) is 10.5. The number of aryl methyl sites for hydroxylation is 2. The summed E-state index contributed by atoms with van der Waals surface area (Å²) in [6.07, 6.45) is 0. The second kappa shape index (κ2) is 8.00. The summed E-state index contributed by atoms with van der Waals surface area (Å²) in [7, 11) is 1.38. The van der Waals surface area contributed by atoms with Crippen molar-refractivity contribution in [3.63, 3.8) is 0 Å². The van der Waals surface area contributed by atoms with Crippen LogP contribution in [0.4, 0.5) is 10.1 Å². The number of carbonyl (C=O) groups is 2. The largest absolute Gasteiger partial charge is 0.507 e. The Hall–Kier alpha value is -3.45. The SMILES string of the molecule is COc1ccc(F)cc1/C(O)=C1/C(=O)C(=O)N(c2cc(C)cc(C)c2)C1c1cccs1. The first kappa shape index (κ1) is 20.8. The van der Waals surface area contributed by atoms with E-state index in [1.165, 1.54) is 35.5 Å². The third-order valence-electron chi connectivity index (χ3n) is 5.16. The number of carbonyl (C=O) groups excluding carboxylic acids is 2. The predicted molar refractivity (Wildman–Crippen MR) is 118 cm³/mol. The van der Waals surface area contributed by atoms with Gasteiger partial charge in [0.1, 0.15) is 23.4 Å². The Morgan fingerprint density at radius 3 is 2.42 bits per heavy atom. The number of aliphatic hydroxyl groups is 1. The second-order valence-electron chi connectivity index (χ2n) is 7.38. The number of hydrogen-bond acceptors (Lipinski definition) is 5. The number of benzene rings is 2. The zero-order chi connectivity index (χ0) is 22.3. The van der Waals surface area contributed by atoms with Gasteiger partial charge in [0.05, 0.1) is 18.2 Å². The molecule has 0 aliphatic carbocycles. The number of ether oxygens (including phenoxy) is 1.